The first kappa shape index (κ1) is 9.36. The van der Waals surface area contributed by atoms with Crippen LogP contribution in [0.5, 0.6) is 0 Å². The summed E-state index contributed by atoms with van der Waals surface area (Å²) >= 11 is 0. The van der Waals surface area contributed by atoms with Crippen LogP contribution in [0.3, 0.4) is 0 Å². The predicted octanol–water partition coefficient (Wildman–Crippen LogP) is -1.15. The van der Waals surface area contributed by atoms with E-state index in [4.69, 9.17) is 19.7 Å². The number of rotatable bonds is 0. The lowest BCUT2D eigenvalue weighted by Crippen LogP contribution is -1.66. The van der Waals surface area contributed by atoms with E-state index in [0.29, 0.717) is 0 Å². The lowest BCUT2D eigenvalue weighted by molar-refractivity contribution is 0.0773. The maximum Gasteiger partial charge on any atom is 0.491 e. The highest BCUT2D eigenvalue weighted by molar-refractivity contribution is 7.16. The third-order valence-corrected chi connectivity index (χ3v) is 0. The third-order valence-electron chi connectivity index (χ3n) is 0. The fraction of sp³-hybridized carbons (Fsp3) is 1.00. The normalized spacial score (nSPS) is 6.50. The highest BCUT2D eigenvalue weighted by atomic mass is 31.1. The van der Waals surface area contributed by atoms with E-state index >= 15 is 0 Å². The molecular formula is CH6O4P+. The fourth-order valence-electron chi connectivity index (χ4n) is 0. The van der Waals surface area contributed by atoms with Crippen molar-refractivity contribution in [2.24, 2.45) is 0 Å². The van der Waals surface area contributed by atoms with E-state index in [1.165, 1.54) is 0 Å². The van der Waals surface area contributed by atoms with Crippen molar-refractivity contribution >= 4 is 8.69 Å². The Balaban J connectivity index is 0. The molecule has 0 radical (unpaired) electrons. The zero-order valence-electron chi connectivity index (χ0n) is 2.96. The van der Waals surface area contributed by atoms with Crippen molar-refractivity contribution in [3.05, 3.63) is 0 Å². The largest absolute Gasteiger partial charge is 0.491 e. The van der Waals surface area contributed by atoms with Gasteiger partial charge in [-0.1, -0.05) is 0 Å². The Labute approximate surface area is 36.3 Å². The minimum absolute atomic E-state index is 0.750. The van der Waals surface area contributed by atoms with Gasteiger partial charge >= 0.3 is 8.69 Å². The standard InChI is InChI=1S/CH4O2.HO2P/c2-1-3;1-3-2/h2-3H,1H2;3H/p+1. The molecule has 0 saturated carbocycles. The van der Waals surface area contributed by atoms with Crippen LogP contribution >= 0.6 is 8.69 Å². The highest BCUT2D eigenvalue weighted by Gasteiger charge is 1.45. The van der Waals surface area contributed by atoms with E-state index in [-0.39, 0.29) is 0 Å². The van der Waals surface area contributed by atoms with Crippen molar-refractivity contribution in [3.63, 3.8) is 0 Å². The Kier molecular flexibility index (Phi) is 31.4. The van der Waals surface area contributed by atoms with Gasteiger partial charge in [0.1, 0.15) is 6.79 Å². The Morgan fingerprint density at radius 2 is 1.50 bits per heavy atom. The fourth-order valence-corrected chi connectivity index (χ4v) is 0. The molecule has 0 fully saturated rings. The van der Waals surface area contributed by atoms with Crippen molar-refractivity contribution < 1.29 is 19.7 Å². The molecule has 1 unspecified atom stereocenters. The molecule has 0 amide bonds. The van der Waals surface area contributed by atoms with Crippen LogP contribution in [0.15, 0.2) is 0 Å². The lowest BCUT2D eigenvalue weighted by Gasteiger charge is -1.55. The summed E-state index contributed by atoms with van der Waals surface area (Å²) in [7, 11) is -1.17. The van der Waals surface area contributed by atoms with Crippen LogP contribution in [-0.2, 0) is 4.57 Å². The molecular weight excluding hydrogens is 107 g/mol. The molecule has 0 aliphatic heterocycles. The van der Waals surface area contributed by atoms with Gasteiger partial charge in [0.05, 0.1) is 0 Å². The molecule has 4 nitrogen and oxygen atoms in total. The van der Waals surface area contributed by atoms with Gasteiger partial charge in [-0.05, 0) is 4.57 Å². The van der Waals surface area contributed by atoms with Gasteiger partial charge in [-0.15, -0.1) is 0 Å². The van der Waals surface area contributed by atoms with E-state index in [1.807, 2.05) is 0 Å². The monoisotopic (exact) mass is 113 g/mol. The second kappa shape index (κ2) is 20.1. The van der Waals surface area contributed by atoms with E-state index in [2.05, 4.69) is 0 Å². The van der Waals surface area contributed by atoms with Gasteiger partial charge in [0, 0.05) is 0 Å². The van der Waals surface area contributed by atoms with Crippen LogP contribution in [0.1, 0.15) is 0 Å². The molecule has 3 N–H and O–H groups in total. The van der Waals surface area contributed by atoms with Gasteiger partial charge in [0.15, 0.2) is 0 Å². The summed E-state index contributed by atoms with van der Waals surface area (Å²) in [6.45, 7) is -0.750. The van der Waals surface area contributed by atoms with Gasteiger partial charge in [-0.2, -0.15) is 4.89 Å². The number of hydrogen-bond donors (Lipinski definition) is 3. The van der Waals surface area contributed by atoms with Gasteiger partial charge in [-0.3, -0.25) is 0 Å². The SMILES string of the molecule is O=[PH+]O.OCO. The summed E-state index contributed by atoms with van der Waals surface area (Å²) in [5.74, 6) is 0. The maximum absolute atomic E-state index is 8.51. The van der Waals surface area contributed by atoms with E-state index in [0.717, 1.165) is 0 Å². The Hall–Kier alpha value is -0.0200. The van der Waals surface area contributed by atoms with Crippen LogP contribution in [-0.4, -0.2) is 21.9 Å². The summed E-state index contributed by atoms with van der Waals surface area (Å²) in [6.07, 6.45) is 0. The molecule has 0 aromatic rings. The molecule has 0 aliphatic carbocycles. The summed E-state index contributed by atoms with van der Waals surface area (Å²) in [5, 5.41) is 14.2. The zero-order chi connectivity index (χ0) is 5.41. The van der Waals surface area contributed by atoms with Gasteiger partial charge < -0.3 is 10.2 Å². The molecule has 0 saturated heterocycles. The predicted molar refractivity (Wildman–Crippen MR) is 20.5 cm³/mol. The van der Waals surface area contributed by atoms with Crippen LogP contribution in [0, 0.1) is 0 Å². The van der Waals surface area contributed by atoms with E-state index in [9.17, 15) is 0 Å². The van der Waals surface area contributed by atoms with Crippen molar-refractivity contribution in [1.29, 1.82) is 0 Å². The topological polar surface area (TPSA) is 77.8 Å². The first-order valence-electron chi connectivity index (χ1n) is 1.06. The minimum atomic E-state index is -1.17. The number of aliphatic hydroxyl groups excluding tert-OH is 1. The maximum atomic E-state index is 8.51. The van der Waals surface area contributed by atoms with Crippen molar-refractivity contribution in [2.75, 3.05) is 6.79 Å². The summed E-state index contributed by atoms with van der Waals surface area (Å²) in [6, 6.07) is 0. The first-order valence-corrected chi connectivity index (χ1v) is 1.92. The summed E-state index contributed by atoms with van der Waals surface area (Å²) < 4.78 is 8.51. The second-order valence-electron chi connectivity index (χ2n) is 0.233. The molecule has 38 valence electrons. The molecule has 6 heavy (non-hydrogen) atoms. The van der Waals surface area contributed by atoms with Crippen LogP contribution < -0.4 is 0 Å². The molecule has 0 aliphatic rings. The van der Waals surface area contributed by atoms with E-state index < -0.39 is 15.5 Å². The Morgan fingerprint density at radius 1 is 1.50 bits per heavy atom. The number of hydrogen-bond acceptors (Lipinski definition) is 3. The van der Waals surface area contributed by atoms with Gasteiger partial charge in [0.2, 0.25) is 0 Å². The zero-order valence-corrected chi connectivity index (χ0v) is 3.96. The molecule has 0 heterocycles. The Morgan fingerprint density at radius 3 is 1.50 bits per heavy atom. The summed E-state index contributed by atoms with van der Waals surface area (Å²) in [4.78, 5) is 7.04. The molecule has 0 bridgehead atoms. The number of aliphatic hydroxyl groups is 2. The third kappa shape index (κ3) is 88400. The first-order chi connectivity index (χ1) is 2.83. The molecule has 0 aromatic heterocycles. The lowest BCUT2D eigenvalue weighted by atomic mass is 11.6. The van der Waals surface area contributed by atoms with Crippen molar-refractivity contribution in [2.45, 2.75) is 0 Å². The van der Waals surface area contributed by atoms with Gasteiger partial charge in [-0.25, -0.2) is 0 Å². The van der Waals surface area contributed by atoms with E-state index in [1.54, 1.807) is 0 Å². The second-order valence-corrected chi connectivity index (χ2v) is 0.415. The minimum Gasteiger partial charge on any atom is -0.371 e. The van der Waals surface area contributed by atoms with Crippen molar-refractivity contribution in [3.8, 4) is 0 Å². The quantitative estimate of drug-likeness (QED) is 0.273. The molecule has 0 spiro atoms. The van der Waals surface area contributed by atoms with Gasteiger partial charge in [0.25, 0.3) is 0 Å². The van der Waals surface area contributed by atoms with Crippen molar-refractivity contribution in [1.82, 2.24) is 0 Å². The van der Waals surface area contributed by atoms with Crippen LogP contribution in [0.25, 0.3) is 0 Å². The smallest absolute Gasteiger partial charge is 0.371 e. The molecule has 5 heteroatoms. The molecule has 0 aromatic carbocycles. The van der Waals surface area contributed by atoms with Crippen LogP contribution in [0.4, 0.5) is 0 Å². The highest BCUT2D eigenvalue weighted by Crippen LogP contribution is 1.66. The van der Waals surface area contributed by atoms with Crippen LogP contribution in [0.2, 0.25) is 0 Å². The average molecular weight is 113 g/mol. The molecule has 1 atom stereocenters. The Bertz CT molecular complexity index is 21.5. The summed E-state index contributed by atoms with van der Waals surface area (Å²) in [5.41, 5.74) is 0. The molecule has 0 rings (SSSR count). The average Bonchev–Trinajstić information content (AvgIpc) is 1.39.